The lowest BCUT2D eigenvalue weighted by atomic mass is 9.77. The van der Waals surface area contributed by atoms with Crippen molar-refractivity contribution in [2.45, 2.75) is 50.9 Å². The Hall–Kier alpha value is -2.68. The molecule has 1 unspecified atom stereocenters. The molecule has 0 radical (unpaired) electrons. The van der Waals surface area contributed by atoms with Crippen molar-refractivity contribution in [1.29, 1.82) is 0 Å². The van der Waals surface area contributed by atoms with E-state index in [1.54, 1.807) is 20.8 Å². The van der Waals surface area contributed by atoms with Gasteiger partial charge in [-0.2, -0.15) is 0 Å². The molecule has 1 aromatic rings. The van der Waals surface area contributed by atoms with E-state index >= 15 is 0 Å². The van der Waals surface area contributed by atoms with Gasteiger partial charge in [0.15, 0.2) is 0 Å². The number of aryl methyl sites for hydroxylation is 1. The number of fused-ring (bicyclic) bond motifs is 2. The molecule has 9 heteroatoms. The number of aliphatic hydroxyl groups is 1. The number of nitrogens with zero attached hydrogens (tertiary/aromatic N) is 3. The number of hydrogen-bond donors (Lipinski definition) is 1. The molecule has 4 aliphatic heterocycles. The number of ether oxygens (including phenoxy) is 1. The predicted molar refractivity (Wildman–Crippen MR) is 140 cm³/mol. The lowest BCUT2D eigenvalue weighted by molar-refractivity contribution is -0.144. The average Bonchev–Trinajstić information content (AvgIpc) is 3.18. The molecular formula is C28H34ClN3O5. The van der Waals surface area contributed by atoms with E-state index in [-0.39, 0.29) is 30.9 Å². The Morgan fingerprint density at radius 2 is 1.89 bits per heavy atom. The minimum atomic E-state index is -1.26. The Balaban J connectivity index is 1.60. The fourth-order valence-electron chi connectivity index (χ4n) is 6.46. The molecule has 0 saturated carbocycles. The maximum absolute atomic E-state index is 14.4. The first-order chi connectivity index (χ1) is 17.9. The molecule has 198 valence electrons. The molecule has 3 amide bonds. The van der Waals surface area contributed by atoms with Gasteiger partial charge in [0.2, 0.25) is 11.8 Å². The van der Waals surface area contributed by atoms with Crippen LogP contribution in [0.3, 0.4) is 0 Å². The molecule has 2 saturated heterocycles. The summed E-state index contributed by atoms with van der Waals surface area (Å²) < 4.78 is 6.65. The van der Waals surface area contributed by atoms with E-state index in [0.717, 1.165) is 12.0 Å². The Labute approximate surface area is 222 Å². The minimum Gasteiger partial charge on any atom is -0.396 e. The molecule has 1 spiro atoms. The highest BCUT2D eigenvalue weighted by Crippen LogP contribution is 2.54. The Kier molecular flexibility index (Phi) is 7.18. The van der Waals surface area contributed by atoms with Crippen LogP contribution in [0.1, 0.15) is 31.7 Å². The maximum Gasteiger partial charge on any atom is 0.253 e. The number of anilines is 1. The highest BCUT2D eigenvalue weighted by molar-refractivity contribution is 6.34. The second-order valence-corrected chi connectivity index (χ2v) is 10.7. The third-order valence-electron chi connectivity index (χ3n) is 8.00. The topological polar surface area (TPSA) is 90.4 Å². The molecule has 5 atom stereocenters. The van der Waals surface area contributed by atoms with Gasteiger partial charge in [-0.15, -0.1) is 0 Å². The molecule has 1 aromatic carbocycles. The Morgan fingerprint density at radius 3 is 2.62 bits per heavy atom. The summed E-state index contributed by atoms with van der Waals surface area (Å²) in [6.45, 7) is 5.56. The zero-order valence-corrected chi connectivity index (χ0v) is 22.1. The molecule has 0 bridgehead atoms. The van der Waals surface area contributed by atoms with Gasteiger partial charge in [0.25, 0.3) is 5.91 Å². The number of likely N-dealkylation sites (tertiary alicyclic amines) is 1. The summed E-state index contributed by atoms with van der Waals surface area (Å²) in [4.78, 5) is 47.2. The van der Waals surface area contributed by atoms with Crippen molar-refractivity contribution >= 4 is 35.0 Å². The van der Waals surface area contributed by atoms with Crippen LogP contribution in [0.15, 0.2) is 42.5 Å². The number of aliphatic hydroxyl groups excluding tert-OH is 1. The van der Waals surface area contributed by atoms with E-state index in [1.165, 1.54) is 0 Å². The molecular weight excluding hydrogens is 494 g/mol. The van der Waals surface area contributed by atoms with Gasteiger partial charge in [-0.1, -0.05) is 55.0 Å². The van der Waals surface area contributed by atoms with Gasteiger partial charge in [-0.25, -0.2) is 0 Å². The number of hydrogen-bond acceptors (Lipinski definition) is 5. The summed E-state index contributed by atoms with van der Waals surface area (Å²) in [5, 5.41) is 9.82. The van der Waals surface area contributed by atoms with E-state index in [2.05, 4.69) is 0 Å². The first-order valence-corrected chi connectivity index (χ1v) is 13.5. The quantitative estimate of drug-likeness (QED) is 0.435. The highest BCUT2D eigenvalue weighted by Gasteiger charge is 2.71. The lowest BCUT2D eigenvalue weighted by Crippen LogP contribution is -2.55. The molecule has 1 N–H and O–H groups in total. The first kappa shape index (κ1) is 25.9. The number of carbonyl (C=O) groups excluding carboxylic acids is 3. The summed E-state index contributed by atoms with van der Waals surface area (Å²) in [7, 11) is 0. The largest absolute Gasteiger partial charge is 0.396 e. The van der Waals surface area contributed by atoms with Crippen LogP contribution in [0.4, 0.5) is 5.69 Å². The van der Waals surface area contributed by atoms with Gasteiger partial charge in [0, 0.05) is 32.8 Å². The Bertz CT molecular complexity index is 1130. The summed E-state index contributed by atoms with van der Waals surface area (Å²) in [5.74, 6) is -2.13. The number of unbranched alkanes of at least 4 members (excludes halogenated alkanes) is 1. The summed E-state index contributed by atoms with van der Waals surface area (Å²) >= 11 is 6.57. The van der Waals surface area contributed by atoms with Crippen LogP contribution < -0.4 is 4.90 Å². The zero-order chi connectivity index (χ0) is 26.3. The van der Waals surface area contributed by atoms with Crippen LogP contribution in [-0.2, 0) is 19.1 Å². The van der Waals surface area contributed by atoms with E-state index in [1.807, 2.05) is 50.3 Å². The van der Waals surface area contributed by atoms with E-state index in [0.29, 0.717) is 43.2 Å². The Morgan fingerprint density at radius 1 is 1.08 bits per heavy atom. The van der Waals surface area contributed by atoms with Crippen molar-refractivity contribution < 1.29 is 24.2 Å². The zero-order valence-electron chi connectivity index (χ0n) is 21.3. The average molecular weight is 528 g/mol. The monoisotopic (exact) mass is 527 g/mol. The van der Waals surface area contributed by atoms with Crippen molar-refractivity contribution in [3.63, 3.8) is 0 Å². The summed E-state index contributed by atoms with van der Waals surface area (Å²) in [5.41, 5.74) is 0.199. The number of carbonyl (C=O) groups is 3. The smallest absolute Gasteiger partial charge is 0.253 e. The van der Waals surface area contributed by atoms with Gasteiger partial charge >= 0.3 is 0 Å². The number of para-hydroxylation sites is 1. The van der Waals surface area contributed by atoms with Crippen molar-refractivity contribution in [3.05, 3.63) is 53.1 Å². The number of amides is 3. The third-order valence-corrected chi connectivity index (χ3v) is 8.31. The van der Waals surface area contributed by atoms with Crippen molar-refractivity contribution in [3.8, 4) is 0 Å². The van der Waals surface area contributed by atoms with Gasteiger partial charge in [-0.3, -0.25) is 14.4 Å². The van der Waals surface area contributed by atoms with Crippen LogP contribution in [0.2, 0.25) is 5.02 Å². The molecule has 0 aliphatic carbocycles. The van der Waals surface area contributed by atoms with E-state index in [9.17, 15) is 19.5 Å². The number of benzene rings is 1. The van der Waals surface area contributed by atoms with E-state index in [4.69, 9.17) is 16.3 Å². The van der Waals surface area contributed by atoms with Gasteiger partial charge in [-0.05, 0) is 37.8 Å². The molecule has 5 rings (SSSR count). The van der Waals surface area contributed by atoms with Gasteiger partial charge in [0.1, 0.15) is 11.6 Å². The molecule has 0 aromatic heterocycles. The minimum absolute atomic E-state index is 0.00345. The maximum atomic E-state index is 14.4. The number of rotatable bonds is 7. The van der Waals surface area contributed by atoms with Crippen molar-refractivity contribution in [2.24, 2.45) is 11.8 Å². The summed E-state index contributed by atoms with van der Waals surface area (Å²) in [6, 6.07) is 4.55. The lowest BCUT2D eigenvalue weighted by Gasteiger charge is -2.36. The molecule has 8 nitrogen and oxygen atoms in total. The van der Waals surface area contributed by atoms with Crippen molar-refractivity contribution in [1.82, 2.24) is 9.80 Å². The van der Waals surface area contributed by atoms with Crippen LogP contribution >= 0.6 is 11.6 Å². The SMILES string of the molecule is CCCN1CC=C[C@H]2O[C@]34C=CCN(c5c(C)cccc5Cl)C(=O)C3N(CCCCO)C(=O)[C@@H]4[C@H]2C1=O. The van der Waals surface area contributed by atoms with Crippen LogP contribution in [-0.4, -0.2) is 83.2 Å². The highest BCUT2D eigenvalue weighted by atomic mass is 35.5. The van der Waals surface area contributed by atoms with Crippen LogP contribution in [0.25, 0.3) is 0 Å². The van der Waals surface area contributed by atoms with Crippen LogP contribution in [0, 0.1) is 18.8 Å². The second kappa shape index (κ2) is 10.2. The van der Waals surface area contributed by atoms with Crippen LogP contribution in [0.5, 0.6) is 0 Å². The molecule has 4 heterocycles. The normalized spacial score (nSPS) is 30.9. The predicted octanol–water partition coefficient (Wildman–Crippen LogP) is 2.71. The number of halogens is 1. The standard InChI is InChI=1S/C28H34ClN3O5/c1-3-13-30-14-7-11-20-21(25(30)34)22-26(35)32(15-4-5-17-33)24-27(36)31(16-8-12-28(22,24)37-20)23-18(2)9-6-10-19(23)29/h6-12,20-22,24,33H,3-5,13-17H2,1-2H3/t20-,21+,22+,24?,28+/m1/s1. The fraction of sp³-hybridized carbons (Fsp3) is 0.536. The second-order valence-electron chi connectivity index (χ2n) is 10.3. The van der Waals surface area contributed by atoms with Gasteiger partial charge < -0.3 is 24.5 Å². The molecule has 4 aliphatic rings. The molecule has 2 fully saturated rings. The fourth-order valence-corrected chi connectivity index (χ4v) is 6.78. The first-order valence-electron chi connectivity index (χ1n) is 13.1. The van der Waals surface area contributed by atoms with Crippen molar-refractivity contribution in [2.75, 3.05) is 37.7 Å². The van der Waals surface area contributed by atoms with Gasteiger partial charge in [0.05, 0.1) is 28.6 Å². The van der Waals surface area contributed by atoms with E-state index < -0.39 is 29.6 Å². The molecule has 37 heavy (non-hydrogen) atoms. The third kappa shape index (κ3) is 4.10. The summed E-state index contributed by atoms with van der Waals surface area (Å²) in [6.07, 6.45) is 8.77.